The van der Waals surface area contributed by atoms with E-state index in [-0.39, 0.29) is 29.6 Å². The molecule has 0 atom stereocenters. The Kier molecular flexibility index (Phi) is 5.89. The van der Waals surface area contributed by atoms with Gasteiger partial charge in [0.15, 0.2) is 5.69 Å². The van der Waals surface area contributed by atoms with Gasteiger partial charge >= 0.3 is 5.97 Å². The molecular weight excluding hydrogens is 410 g/mol. The fourth-order valence-corrected chi connectivity index (χ4v) is 3.07. The van der Waals surface area contributed by atoms with Crippen LogP contribution in [0.2, 0.25) is 0 Å². The fourth-order valence-electron chi connectivity index (χ4n) is 3.07. The maximum absolute atomic E-state index is 12.7. The van der Waals surface area contributed by atoms with Gasteiger partial charge in [0.05, 0.1) is 18.5 Å². The summed E-state index contributed by atoms with van der Waals surface area (Å²) in [5.74, 6) is -0.880. The van der Waals surface area contributed by atoms with Crippen molar-refractivity contribution in [2.45, 2.75) is 6.92 Å². The maximum atomic E-state index is 12.7. The molecule has 160 valence electrons. The number of H-pyrrole nitrogens is 1. The molecular formula is C23H19N5O4. The van der Waals surface area contributed by atoms with Crippen molar-refractivity contribution < 1.29 is 19.4 Å². The van der Waals surface area contributed by atoms with Crippen molar-refractivity contribution in [3.05, 3.63) is 78.2 Å². The molecule has 0 bridgehead atoms. The van der Waals surface area contributed by atoms with Gasteiger partial charge in [0.25, 0.3) is 5.91 Å². The van der Waals surface area contributed by atoms with Crippen molar-refractivity contribution in [1.82, 2.24) is 9.97 Å². The van der Waals surface area contributed by atoms with Gasteiger partial charge in [-0.25, -0.2) is 9.78 Å². The Morgan fingerprint density at radius 3 is 2.62 bits per heavy atom. The number of aromatic nitrogens is 2. The summed E-state index contributed by atoms with van der Waals surface area (Å²) < 4.78 is 4.94. The zero-order valence-corrected chi connectivity index (χ0v) is 17.1. The van der Waals surface area contributed by atoms with Crippen LogP contribution < -0.4 is 5.32 Å². The predicted octanol–water partition coefficient (Wildman–Crippen LogP) is 5.11. The number of nitrogens with zero attached hydrogens (tertiary/aromatic N) is 3. The molecule has 0 fully saturated rings. The minimum absolute atomic E-state index is 0.0318. The number of aromatic hydroxyl groups is 1. The number of imidazole rings is 1. The Bertz CT molecular complexity index is 1310. The minimum atomic E-state index is -0.484. The van der Waals surface area contributed by atoms with Crippen LogP contribution >= 0.6 is 0 Å². The Labute approximate surface area is 182 Å². The number of hydrogen-bond acceptors (Lipinski definition) is 7. The van der Waals surface area contributed by atoms with Crippen LogP contribution in [-0.4, -0.2) is 33.6 Å². The fraction of sp³-hybridized carbons (Fsp3) is 0.0870. The molecule has 32 heavy (non-hydrogen) atoms. The van der Waals surface area contributed by atoms with E-state index in [0.717, 1.165) is 10.8 Å². The molecule has 0 radical (unpaired) electrons. The van der Waals surface area contributed by atoms with E-state index in [1.54, 1.807) is 37.3 Å². The van der Waals surface area contributed by atoms with Crippen LogP contribution in [-0.2, 0) is 4.74 Å². The number of anilines is 1. The van der Waals surface area contributed by atoms with Crippen LogP contribution in [0.5, 0.6) is 5.75 Å². The number of ether oxygens (including phenoxy) is 1. The average molecular weight is 429 g/mol. The highest BCUT2D eigenvalue weighted by molar-refractivity contribution is 6.06. The first kappa shape index (κ1) is 20.7. The zero-order chi connectivity index (χ0) is 22.5. The SMILES string of the molecule is CCOC(=O)c1ccc(NC(=O)c2[nH]cnc2N=Nc2c(O)ccc3ccccc23)cc1. The number of benzene rings is 3. The Morgan fingerprint density at radius 2 is 1.84 bits per heavy atom. The number of hydrogen-bond donors (Lipinski definition) is 3. The van der Waals surface area contributed by atoms with Crippen LogP contribution in [0.4, 0.5) is 17.2 Å². The Hall–Kier alpha value is -4.53. The van der Waals surface area contributed by atoms with E-state index in [4.69, 9.17) is 4.74 Å². The van der Waals surface area contributed by atoms with E-state index >= 15 is 0 Å². The van der Waals surface area contributed by atoms with E-state index < -0.39 is 11.9 Å². The first-order valence-electron chi connectivity index (χ1n) is 9.81. The molecule has 9 nitrogen and oxygen atoms in total. The molecule has 0 aliphatic carbocycles. The number of phenolic OH excluding ortho intramolecular Hbond substituents is 1. The highest BCUT2D eigenvalue weighted by atomic mass is 16.5. The van der Waals surface area contributed by atoms with Gasteiger partial charge < -0.3 is 20.1 Å². The normalized spacial score (nSPS) is 11.0. The van der Waals surface area contributed by atoms with Crippen molar-refractivity contribution in [3.63, 3.8) is 0 Å². The molecule has 1 aromatic heterocycles. The van der Waals surface area contributed by atoms with Gasteiger partial charge in [-0.15, -0.1) is 10.2 Å². The summed E-state index contributed by atoms with van der Waals surface area (Å²) >= 11 is 0. The van der Waals surface area contributed by atoms with Crippen LogP contribution in [0.1, 0.15) is 27.8 Å². The highest BCUT2D eigenvalue weighted by Crippen LogP contribution is 2.36. The van der Waals surface area contributed by atoms with Gasteiger partial charge in [-0.2, -0.15) is 0 Å². The molecule has 1 amide bonds. The van der Waals surface area contributed by atoms with Gasteiger partial charge in [-0.3, -0.25) is 4.79 Å². The lowest BCUT2D eigenvalue weighted by molar-refractivity contribution is 0.0526. The lowest BCUT2D eigenvalue weighted by Gasteiger charge is -2.06. The van der Waals surface area contributed by atoms with Crippen molar-refractivity contribution >= 4 is 39.8 Å². The molecule has 0 saturated heterocycles. The lowest BCUT2D eigenvalue weighted by atomic mass is 10.1. The van der Waals surface area contributed by atoms with E-state index in [0.29, 0.717) is 11.3 Å². The second kappa shape index (κ2) is 9.09. The summed E-state index contributed by atoms with van der Waals surface area (Å²) in [5.41, 5.74) is 1.25. The van der Waals surface area contributed by atoms with Crippen molar-refractivity contribution in [3.8, 4) is 5.75 Å². The second-order valence-electron chi connectivity index (χ2n) is 6.71. The molecule has 0 aliphatic heterocycles. The topological polar surface area (TPSA) is 129 Å². The first-order valence-corrected chi connectivity index (χ1v) is 9.81. The van der Waals surface area contributed by atoms with Crippen molar-refractivity contribution in [2.75, 3.05) is 11.9 Å². The number of amides is 1. The molecule has 0 unspecified atom stereocenters. The number of fused-ring (bicyclic) bond motifs is 1. The van der Waals surface area contributed by atoms with Gasteiger partial charge in [-0.1, -0.05) is 30.3 Å². The number of rotatable bonds is 6. The largest absolute Gasteiger partial charge is 0.506 e. The molecule has 4 aromatic rings. The molecule has 3 aromatic carbocycles. The molecule has 4 rings (SSSR count). The zero-order valence-electron chi connectivity index (χ0n) is 17.1. The quantitative estimate of drug-likeness (QED) is 0.290. The number of aromatic amines is 1. The monoisotopic (exact) mass is 429 g/mol. The molecule has 0 aliphatic rings. The number of carbonyl (C=O) groups is 2. The minimum Gasteiger partial charge on any atom is -0.506 e. The van der Waals surface area contributed by atoms with Gasteiger partial charge in [-0.05, 0) is 42.6 Å². The lowest BCUT2D eigenvalue weighted by Crippen LogP contribution is -2.13. The average Bonchev–Trinajstić information content (AvgIpc) is 3.28. The van der Waals surface area contributed by atoms with E-state index in [1.807, 2.05) is 24.3 Å². The van der Waals surface area contributed by atoms with Crippen molar-refractivity contribution in [1.29, 1.82) is 0 Å². The van der Waals surface area contributed by atoms with Crippen LogP contribution in [0.25, 0.3) is 10.8 Å². The van der Waals surface area contributed by atoms with Crippen molar-refractivity contribution in [2.24, 2.45) is 10.2 Å². The molecule has 3 N–H and O–H groups in total. The van der Waals surface area contributed by atoms with Gasteiger partial charge in [0.2, 0.25) is 5.82 Å². The van der Waals surface area contributed by atoms with Crippen LogP contribution in [0.3, 0.4) is 0 Å². The number of carbonyl (C=O) groups excluding carboxylic acids is 2. The number of nitrogens with one attached hydrogen (secondary N) is 2. The third-order valence-corrected chi connectivity index (χ3v) is 4.62. The van der Waals surface area contributed by atoms with Gasteiger partial charge in [0, 0.05) is 11.1 Å². The second-order valence-corrected chi connectivity index (χ2v) is 6.71. The van der Waals surface area contributed by atoms with E-state index in [2.05, 4.69) is 25.5 Å². The Morgan fingerprint density at radius 1 is 1.06 bits per heavy atom. The summed E-state index contributed by atoms with van der Waals surface area (Å²) in [6.07, 6.45) is 1.33. The third-order valence-electron chi connectivity index (χ3n) is 4.62. The number of esters is 1. The van der Waals surface area contributed by atoms with Gasteiger partial charge in [0.1, 0.15) is 11.4 Å². The number of phenols is 1. The third kappa shape index (κ3) is 4.31. The molecule has 1 heterocycles. The predicted molar refractivity (Wildman–Crippen MR) is 119 cm³/mol. The summed E-state index contributed by atoms with van der Waals surface area (Å²) in [5, 5.41) is 22.7. The first-order chi connectivity index (χ1) is 15.6. The Balaban J connectivity index is 1.54. The molecule has 0 spiro atoms. The van der Waals surface area contributed by atoms with E-state index in [9.17, 15) is 14.7 Å². The van der Waals surface area contributed by atoms with E-state index in [1.165, 1.54) is 12.4 Å². The molecule has 9 heteroatoms. The summed E-state index contributed by atoms with van der Waals surface area (Å²) in [6, 6.07) is 17.1. The van der Waals surface area contributed by atoms with Crippen LogP contribution in [0.15, 0.2) is 77.2 Å². The van der Waals surface area contributed by atoms with Crippen LogP contribution in [0, 0.1) is 0 Å². The summed E-state index contributed by atoms with van der Waals surface area (Å²) in [7, 11) is 0. The maximum Gasteiger partial charge on any atom is 0.338 e. The summed E-state index contributed by atoms with van der Waals surface area (Å²) in [4.78, 5) is 31.2. The smallest absolute Gasteiger partial charge is 0.338 e. The number of azo groups is 1. The summed E-state index contributed by atoms with van der Waals surface area (Å²) in [6.45, 7) is 2.01. The highest BCUT2D eigenvalue weighted by Gasteiger charge is 2.16. The molecule has 0 saturated carbocycles. The standard InChI is InChI=1S/C23H19N5O4/c1-2-32-23(31)15-7-10-16(11-8-15)26-22(30)20-21(25-13-24-20)28-27-19-17-6-4-3-5-14(17)9-12-18(19)29/h3-13,29H,2H2,1H3,(H,24,25)(H,26,30).